The summed E-state index contributed by atoms with van der Waals surface area (Å²) in [5, 5.41) is 3.44. The van der Waals surface area contributed by atoms with Crippen molar-refractivity contribution in [3.63, 3.8) is 0 Å². The van der Waals surface area contributed by atoms with Gasteiger partial charge in [0.1, 0.15) is 0 Å². The van der Waals surface area contributed by atoms with E-state index in [9.17, 15) is 0 Å². The van der Waals surface area contributed by atoms with Crippen LogP contribution in [-0.2, 0) is 0 Å². The Bertz CT molecular complexity index is 175. The van der Waals surface area contributed by atoms with Gasteiger partial charge in [0.05, 0.1) is 0 Å². The zero-order valence-corrected chi connectivity index (χ0v) is 9.63. The molecule has 0 spiro atoms. The third-order valence-corrected chi connectivity index (χ3v) is 4.04. The molecule has 2 nitrogen and oxygen atoms in total. The third-order valence-electron chi connectivity index (χ3n) is 4.04. The molecule has 0 aromatic heterocycles. The number of piperazine rings is 1. The monoisotopic (exact) mass is 196 g/mol. The number of hydrogen-bond donors (Lipinski definition) is 1. The Hall–Kier alpha value is -0.0800. The third kappa shape index (κ3) is 2.29. The van der Waals surface area contributed by atoms with Gasteiger partial charge in [0, 0.05) is 32.2 Å². The quantitative estimate of drug-likeness (QED) is 0.687. The smallest absolute Gasteiger partial charge is 0.0124 e. The van der Waals surface area contributed by atoms with E-state index in [0.29, 0.717) is 0 Å². The Morgan fingerprint density at radius 3 is 2.50 bits per heavy atom. The lowest BCUT2D eigenvalue weighted by Crippen LogP contribution is -2.51. The van der Waals surface area contributed by atoms with Crippen molar-refractivity contribution >= 4 is 0 Å². The topological polar surface area (TPSA) is 15.3 Å². The van der Waals surface area contributed by atoms with Crippen molar-refractivity contribution in [2.75, 3.05) is 26.2 Å². The Kier molecular flexibility index (Phi) is 3.45. The molecule has 1 saturated carbocycles. The molecule has 1 saturated heterocycles. The van der Waals surface area contributed by atoms with Crippen LogP contribution in [-0.4, -0.2) is 37.1 Å². The molecule has 2 heteroatoms. The molecule has 2 fully saturated rings. The molecule has 0 bridgehead atoms. The lowest BCUT2D eigenvalue weighted by Gasteiger charge is -2.42. The van der Waals surface area contributed by atoms with Gasteiger partial charge in [-0.05, 0) is 24.7 Å². The Balaban J connectivity index is 1.92. The largest absolute Gasteiger partial charge is 0.314 e. The zero-order chi connectivity index (χ0) is 9.97. The van der Waals surface area contributed by atoms with E-state index in [4.69, 9.17) is 0 Å². The van der Waals surface area contributed by atoms with Gasteiger partial charge in [-0.1, -0.05) is 20.3 Å². The van der Waals surface area contributed by atoms with Gasteiger partial charge in [-0.15, -0.1) is 0 Å². The highest BCUT2D eigenvalue weighted by Crippen LogP contribution is 2.31. The summed E-state index contributed by atoms with van der Waals surface area (Å²) < 4.78 is 0. The van der Waals surface area contributed by atoms with E-state index in [-0.39, 0.29) is 0 Å². The van der Waals surface area contributed by atoms with Crippen LogP contribution < -0.4 is 5.32 Å². The van der Waals surface area contributed by atoms with Crippen LogP contribution in [0.1, 0.15) is 33.1 Å². The summed E-state index contributed by atoms with van der Waals surface area (Å²) in [7, 11) is 0. The molecule has 1 aliphatic heterocycles. The number of rotatable bonds is 1. The number of nitrogens with one attached hydrogen (secondary N) is 1. The molecule has 3 unspecified atom stereocenters. The summed E-state index contributed by atoms with van der Waals surface area (Å²) in [5.41, 5.74) is 0. The molecule has 14 heavy (non-hydrogen) atoms. The minimum Gasteiger partial charge on any atom is -0.314 e. The highest BCUT2D eigenvalue weighted by atomic mass is 15.2. The van der Waals surface area contributed by atoms with Crippen molar-refractivity contribution in [2.45, 2.75) is 39.2 Å². The van der Waals surface area contributed by atoms with Crippen LogP contribution in [0.15, 0.2) is 0 Å². The maximum Gasteiger partial charge on any atom is 0.0124 e. The lowest BCUT2D eigenvalue weighted by molar-refractivity contribution is 0.0797. The Morgan fingerprint density at radius 2 is 1.79 bits per heavy atom. The van der Waals surface area contributed by atoms with Crippen molar-refractivity contribution in [3.8, 4) is 0 Å². The molecule has 0 aromatic carbocycles. The first-order valence-electron chi connectivity index (χ1n) is 6.22. The Labute approximate surface area is 88.1 Å². The fourth-order valence-corrected chi connectivity index (χ4v) is 3.02. The number of nitrogens with zero attached hydrogens (tertiary/aromatic N) is 1. The van der Waals surface area contributed by atoms with Crippen LogP contribution >= 0.6 is 0 Å². The predicted octanol–water partition coefficient (Wildman–Crippen LogP) is 1.72. The molecule has 1 aliphatic carbocycles. The van der Waals surface area contributed by atoms with E-state index >= 15 is 0 Å². The van der Waals surface area contributed by atoms with E-state index < -0.39 is 0 Å². The summed E-state index contributed by atoms with van der Waals surface area (Å²) in [6.07, 6.45) is 4.32. The average molecular weight is 196 g/mol. The van der Waals surface area contributed by atoms with Gasteiger partial charge in [-0.2, -0.15) is 0 Å². The minimum absolute atomic E-state index is 0.876. The molecular weight excluding hydrogens is 172 g/mol. The van der Waals surface area contributed by atoms with Gasteiger partial charge in [0.15, 0.2) is 0 Å². The molecule has 0 amide bonds. The molecular formula is C12H24N2. The minimum atomic E-state index is 0.876. The molecule has 2 rings (SSSR count). The zero-order valence-electron chi connectivity index (χ0n) is 9.63. The fourth-order valence-electron chi connectivity index (χ4n) is 3.02. The highest BCUT2D eigenvalue weighted by molar-refractivity contribution is 4.85. The molecule has 1 heterocycles. The molecule has 82 valence electrons. The van der Waals surface area contributed by atoms with Crippen molar-refractivity contribution in [1.82, 2.24) is 10.2 Å². The second-order valence-electron chi connectivity index (χ2n) is 5.25. The summed E-state index contributed by atoms with van der Waals surface area (Å²) >= 11 is 0. The first-order chi connectivity index (χ1) is 6.77. The standard InChI is InChI=1S/C12H24N2/c1-10-3-4-11(2)12(9-10)14-7-5-13-6-8-14/h10-13H,3-9H2,1-2H3. The molecule has 0 aromatic rings. The van der Waals surface area contributed by atoms with Gasteiger partial charge in [0.2, 0.25) is 0 Å². The highest BCUT2D eigenvalue weighted by Gasteiger charge is 2.30. The van der Waals surface area contributed by atoms with E-state index in [1.165, 1.54) is 45.4 Å². The normalized spacial score (nSPS) is 41.1. The van der Waals surface area contributed by atoms with Crippen LogP contribution in [0.5, 0.6) is 0 Å². The number of hydrogen-bond acceptors (Lipinski definition) is 2. The van der Waals surface area contributed by atoms with Crippen LogP contribution in [0, 0.1) is 11.8 Å². The fraction of sp³-hybridized carbons (Fsp3) is 1.00. The van der Waals surface area contributed by atoms with E-state index in [1.807, 2.05) is 0 Å². The first-order valence-corrected chi connectivity index (χ1v) is 6.22. The second kappa shape index (κ2) is 4.63. The summed E-state index contributed by atoms with van der Waals surface area (Å²) in [4.78, 5) is 2.72. The molecule has 0 radical (unpaired) electrons. The lowest BCUT2D eigenvalue weighted by atomic mass is 9.79. The Morgan fingerprint density at radius 1 is 1.07 bits per heavy atom. The van der Waals surface area contributed by atoms with Crippen LogP contribution in [0.2, 0.25) is 0 Å². The summed E-state index contributed by atoms with van der Waals surface area (Å²) in [6.45, 7) is 9.78. The SMILES string of the molecule is CC1CCC(C)C(N2CCNCC2)C1. The first kappa shape index (κ1) is 10.4. The van der Waals surface area contributed by atoms with Gasteiger partial charge >= 0.3 is 0 Å². The predicted molar refractivity (Wildman–Crippen MR) is 60.4 cm³/mol. The van der Waals surface area contributed by atoms with Crippen molar-refractivity contribution < 1.29 is 0 Å². The van der Waals surface area contributed by atoms with Gasteiger partial charge in [-0.3, -0.25) is 4.90 Å². The van der Waals surface area contributed by atoms with Gasteiger partial charge in [-0.25, -0.2) is 0 Å². The van der Waals surface area contributed by atoms with Crippen LogP contribution in [0.4, 0.5) is 0 Å². The van der Waals surface area contributed by atoms with E-state index in [2.05, 4.69) is 24.1 Å². The average Bonchev–Trinajstić information content (AvgIpc) is 2.23. The molecule has 3 atom stereocenters. The van der Waals surface area contributed by atoms with Crippen molar-refractivity contribution in [3.05, 3.63) is 0 Å². The van der Waals surface area contributed by atoms with Crippen LogP contribution in [0.25, 0.3) is 0 Å². The van der Waals surface area contributed by atoms with Crippen molar-refractivity contribution in [2.24, 2.45) is 11.8 Å². The van der Waals surface area contributed by atoms with Crippen molar-refractivity contribution in [1.29, 1.82) is 0 Å². The molecule has 2 aliphatic rings. The van der Waals surface area contributed by atoms with Gasteiger partial charge in [0.25, 0.3) is 0 Å². The second-order valence-corrected chi connectivity index (χ2v) is 5.25. The maximum absolute atomic E-state index is 3.44. The summed E-state index contributed by atoms with van der Waals surface area (Å²) in [5.74, 6) is 1.87. The molecule has 1 N–H and O–H groups in total. The summed E-state index contributed by atoms with van der Waals surface area (Å²) in [6, 6.07) is 0.876. The maximum atomic E-state index is 3.44. The van der Waals surface area contributed by atoms with E-state index in [1.54, 1.807) is 0 Å². The van der Waals surface area contributed by atoms with Gasteiger partial charge < -0.3 is 5.32 Å². The van der Waals surface area contributed by atoms with E-state index in [0.717, 1.165) is 17.9 Å². The van der Waals surface area contributed by atoms with Crippen LogP contribution in [0.3, 0.4) is 0 Å².